The third-order valence-corrected chi connectivity index (χ3v) is 6.09. The molecule has 0 atom stereocenters. The molecule has 0 aromatic heterocycles. The molecule has 0 aliphatic heterocycles. The Morgan fingerprint density at radius 1 is 1.19 bits per heavy atom. The van der Waals surface area contributed by atoms with Crippen LogP contribution in [0.2, 0.25) is 0 Å². The van der Waals surface area contributed by atoms with Gasteiger partial charge in [0.2, 0.25) is 10.0 Å². The molecule has 0 bridgehead atoms. The molecule has 1 aromatic carbocycles. The molecular weight excluding hydrogens is 286 g/mol. The maximum Gasteiger partial charge on any atom is 0.243 e. The van der Waals surface area contributed by atoms with Crippen molar-refractivity contribution in [1.29, 1.82) is 0 Å². The molecule has 1 saturated carbocycles. The van der Waals surface area contributed by atoms with Crippen molar-refractivity contribution >= 4 is 10.0 Å². The van der Waals surface area contributed by atoms with Crippen LogP contribution in [-0.2, 0) is 16.4 Å². The van der Waals surface area contributed by atoms with Crippen LogP contribution in [0.15, 0.2) is 29.2 Å². The zero-order chi connectivity index (χ0) is 15.3. The minimum absolute atomic E-state index is 0.0393. The molecule has 0 unspecified atom stereocenters. The van der Waals surface area contributed by atoms with E-state index in [0.29, 0.717) is 4.90 Å². The lowest BCUT2D eigenvalue weighted by Crippen LogP contribution is -2.40. The van der Waals surface area contributed by atoms with Gasteiger partial charge in [0.05, 0.1) is 11.5 Å². The van der Waals surface area contributed by atoms with E-state index in [0.717, 1.165) is 44.1 Å². The maximum absolute atomic E-state index is 12.8. The average molecular weight is 311 g/mol. The van der Waals surface area contributed by atoms with Crippen molar-refractivity contribution in [3.8, 4) is 0 Å². The molecule has 1 aliphatic rings. The maximum atomic E-state index is 12.8. The quantitative estimate of drug-likeness (QED) is 0.842. The summed E-state index contributed by atoms with van der Waals surface area (Å²) in [5.41, 5.74) is 1.16. The largest absolute Gasteiger partial charge is 0.395 e. The molecule has 21 heavy (non-hydrogen) atoms. The van der Waals surface area contributed by atoms with Crippen molar-refractivity contribution in [2.75, 3.05) is 13.2 Å². The van der Waals surface area contributed by atoms with E-state index in [4.69, 9.17) is 0 Å². The molecular formula is C16H25NO3S. The van der Waals surface area contributed by atoms with E-state index in [9.17, 15) is 13.5 Å². The molecule has 2 rings (SSSR count). The fraction of sp³-hybridized carbons (Fsp3) is 0.625. The lowest BCUT2D eigenvalue weighted by molar-refractivity contribution is 0.226. The highest BCUT2D eigenvalue weighted by Crippen LogP contribution is 2.28. The van der Waals surface area contributed by atoms with Gasteiger partial charge in [-0.25, -0.2) is 8.42 Å². The van der Waals surface area contributed by atoms with E-state index in [2.05, 4.69) is 6.92 Å². The number of aliphatic hydroxyl groups excluding tert-OH is 1. The van der Waals surface area contributed by atoms with Crippen molar-refractivity contribution in [2.45, 2.75) is 56.4 Å². The summed E-state index contributed by atoms with van der Waals surface area (Å²) < 4.78 is 27.1. The number of hydrogen-bond donors (Lipinski definition) is 1. The van der Waals surface area contributed by atoms with Crippen LogP contribution in [-0.4, -0.2) is 37.0 Å². The monoisotopic (exact) mass is 311 g/mol. The standard InChI is InChI=1S/C16H25NO3S/c1-2-5-14-8-10-16(11-9-14)21(19,20)17(12-13-18)15-6-3-4-7-15/h8-11,15,18H,2-7,12-13H2,1H3. The molecule has 5 heteroatoms. The molecule has 4 nitrogen and oxygen atoms in total. The number of hydrogen-bond acceptors (Lipinski definition) is 3. The van der Waals surface area contributed by atoms with Crippen LogP contribution >= 0.6 is 0 Å². The Hall–Kier alpha value is -0.910. The van der Waals surface area contributed by atoms with E-state index in [-0.39, 0.29) is 19.2 Å². The number of benzene rings is 1. The molecule has 1 fully saturated rings. The molecule has 1 aromatic rings. The second-order valence-corrected chi connectivity index (χ2v) is 7.56. The molecule has 1 aliphatic carbocycles. The van der Waals surface area contributed by atoms with E-state index in [1.807, 2.05) is 12.1 Å². The van der Waals surface area contributed by atoms with Crippen molar-refractivity contribution in [2.24, 2.45) is 0 Å². The van der Waals surface area contributed by atoms with E-state index in [1.54, 1.807) is 12.1 Å². The Labute approximate surface area is 127 Å². The van der Waals surface area contributed by atoms with Crippen LogP contribution in [0.5, 0.6) is 0 Å². The number of aliphatic hydroxyl groups is 1. The first-order valence-electron chi connectivity index (χ1n) is 7.81. The van der Waals surface area contributed by atoms with Crippen molar-refractivity contribution in [3.63, 3.8) is 0 Å². The highest BCUT2D eigenvalue weighted by Gasteiger charge is 2.32. The second-order valence-electron chi connectivity index (χ2n) is 5.67. The van der Waals surface area contributed by atoms with Crippen molar-refractivity contribution < 1.29 is 13.5 Å². The zero-order valence-corrected chi connectivity index (χ0v) is 13.5. The number of nitrogens with zero attached hydrogens (tertiary/aromatic N) is 1. The van der Waals surface area contributed by atoms with Gasteiger partial charge >= 0.3 is 0 Å². The van der Waals surface area contributed by atoms with Crippen LogP contribution in [0.3, 0.4) is 0 Å². The van der Waals surface area contributed by atoms with Gasteiger partial charge in [-0.15, -0.1) is 0 Å². The molecule has 1 N–H and O–H groups in total. The first kappa shape index (κ1) is 16.5. The first-order chi connectivity index (χ1) is 10.1. The Bertz CT molecular complexity index is 533. The summed E-state index contributed by atoms with van der Waals surface area (Å²) in [5, 5.41) is 9.22. The predicted molar refractivity (Wildman–Crippen MR) is 83.7 cm³/mol. The van der Waals surface area contributed by atoms with Crippen molar-refractivity contribution in [1.82, 2.24) is 4.31 Å². The third kappa shape index (κ3) is 3.84. The fourth-order valence-corrected chi connectivity index (χ4v) is 4.72. The van der Waals surface area contributed by atoms with Gasteiger partial charge in [0.15, 0.2) is 0 Å². The normalized spacial score (nSPS) is 16.7. The topological polar surface area (TPSA) is 57.6 Å². The van der Waals surface area contributed by atoms with Gasteiger partial charge in [-0.3, -0.25) is 0 Å². The lowest BCUT2D eigenvalue weighted by atomic mass is 10.1. The fourth-order valence-electron chi connectivity index (χ4n) is 3.04. The number of aryl methyl sites for hydroxylation is 1. The number of rotatable bonds is 7. The average Bonchev–Trinajstić information content (AvgIpc) is 2.99. The molecule has 0 saturated heterocycles. The van der Waals surface area contributed by atoms with Crippen LogP contribution in [0.25, 0.3) is 0 Å². The van der Waals surface area contributed by atoms with Crippen LogP contribution in [0, 0.1) is 0 Å². The SMILES string of the molecule is CCCc1ccc(S(=O)(=O)N(CCO)C2CCCC2)cc1. The summed E-state index contributed by atoms with van der Waals surface area (Å²) in [7, 11) is -3.51. The lowest BCUT2D eigenvalue weighted by Gasteiger charge is -2.27. The molecule has 118 valence electrons. The van der Waals surface area contributed by atoms with E-state index < -0.39 is 10.0 Å². The predicted octanol–water partition coefficient (Wildman–Crippen LogP) is 2.56. The van der Waals surface area contributed by atoms with Gasteiger partial charge in [0.25, 0.3) is 0 Å². The summed E-state index contributed by atoms with van der Waals surface area (Å²) in [6, 6.07) is 7.21. The Kier molecular flexibility index (Phi) is 5.79. The first-order valence-corrected chi connectivity index (χ1v) is 9.25. The third-order valence-electron chi connectivity index (χ3n) is 4.12. The second kappa shape index (κ2) is 7.38. The minimum Gasteiger partial charge on any atom is -0.395 e. The van der Waals surface area contributed by atoms with Crippen LogP contribution in [0.4, 0.5) is 0 Å². The molecule has 0 heterocycles. The Morgan fingerprint density at radius 3 is 2.33 bits per heavy atom. The van der Waals surface area contributed by atoms with Gasteiger partial charge in [-0.05, 0) is 37.0 Å². The van der Waals surface area contributed by atoms with Gasteiger partial charge in [-0.1, -0.05) is 38.3 Å². The Balaban J connectivity index is 2.24. The van der Waals surface area contributed by atoms with Gasteiger partial charge < -0.3 is 5.11 Å². The summed E-state index contributed by atoms with van der Waals surface area (Å²) in [4.78, 5) is 0.336. The summed E-state index contributed by atoms with van der Waals surface area (Å²) >= 11 is 0. The zero-order valence-electron chi connectivity index (χ0n) is 12.7. The van der Waals surface area contributed by atoms with E-state index in [1.165, 1.54) is 4.31 Å². The summed E-state index contributed by atoms with van der Waals surface area (Å²) in [5.74, 6) is 0. The number of sulfonamides is 1. The smallest absolute Gasteiger partial charge is 0.243 e. The summed E-state index contributed by atoms with van der Waals surface area (Å²) in [6.07, 6.45) is 5.93. The van der Waals surface area contributed by atoms with Crippen LogP contribution in [0.1, 0.15) is 44.6 Å². The summed E-state index contributed by atoms with van der Waals surface area (Å²) in [6.45, 7) is 2.15. The van der Waals surface area contributed by atoms with Crippen LogP contribution < -0.4 is 0 Å². The Morgan fingerprint density at radius 2 is 1.81 bits per heavy atom. The molecule has 0 radical (unpaired) electrons. The van der Waals surface area contributed by atoms with E-state index >= 15 is 0 Å². The van der Waals surface area contributed by atoms with Gasteiger partial charge in [0, 0.05) is 12.6 Å². The highest BCUT2D eigenvalue weighted by atomic mass is 32.2. The minimum atomic E-state index is -3.51. The van der Waals surface area contributed by atoms with Crippen molar-refractivity contribution in [3.05, 3.63) is 29.8 Å². The molecule has 0 amide bonds. The molecule has 0 spiro atoms. The van der Waals surface area contributed by atoms with Gasteiger partial charge in [-0.2, -0.15) is 4.31 Å². The van der Waals surface area contributed by atoms with Gasteiger partial charge in [0.1, 0.15) is 0 Å². The highest BCUT2D eigenvalue weighted by molar-refractivity contribution is 7.89.